The third-order valence-electron chi connectivity index (χ3n) is 9.34. The van der Waals surface area contributed by atoms with Crippen molar-refractivity contribution in [2.75, 3.05) is 26.9 Å². The molecule has 2 heterocycles. The predicted octanol–water partition coefficient (Wildman–Crippen LogP) is 2.51. The molecule has 6 atom stereocenters. The fourth-order valence-corrected chi connectivity index (χ4v) is 7.78. The van der Waals surface area contributed by atoms with Crippen molar-refractivity contribution in [2.24, 2.45) is 35.0 Å². The molecule has 0 spiro atoms. The van der Waals surface area contributed by atoms with Crippen molar-refractivity contribution >= 4 is 52.3 Å². The van der Waals surface area contributed by atoms with Crippen LogP contribution in [0.1, 0.15) is 20.8 Å². The lowest BCUT2D eigenvalue weighted by atomic mass is 9.43. The number of benzene rings is 2. The number of carbonyl (C=O) groups excluding carboxylic acids is 5. The lowest BCUT2D eigenvalue weighted by molar-refractivity contribution is -0.155. The maximum absolute atomic E-state index is 14.2. The molecule has 4 amide bonds. The normalized spacial score (nSPS) is 29.3. The molecule has 3 aliphatic carbocycles. The number of ether oxygens (including phenoxy) is 1. The smallest absolute Gasteiger partial charge is 0.334 e. The molecule has 2 aliphatic heterocycles. The molecule has 14 heteroatoms. The number of esters is 1. The molecule has 2 N–H and O–H groups in total. The van der Waals surface area contributed by atoms with Crippen LogP contribution in [0.3, 0.4) is 0 Å². The summed E-state index contributed by atoms with van der Waals surface area (Å²) in [6.07, 6.45) is 0. The summed E-state index contributed by atoms with van der Waals surface area (Å²) in [6, 6.07) is 10.2. The molecule has 0 aromatic heterocycles. The molecule has 43 heavy (non-hydrogen) atoms. The summed E-state index contributed by atoms with van der Waals surface area (Å²) in [5.41, 5.74) is -1.15. The monoisotopic (exact) mass is 590 g/mol. The van der Waals surface area contributed by atoms with E-state index in [1.807, 2.05) is 0 Å². The Labute approximate surface area is 244 Å². The third-order valence-corrected chi connectivity index (χ3v) is 9.34. The van der Waals surface area contributed by atoms with Crippen LogP contribution >= 0.6 is 0 Å². The molecule has 3 fully saturated rings. The summed E-state index contributed by atoms with van der Waals surface area (Å²) in [6.45, 7) is 4.78. The van der Waals surface area contributed by atoms with Gasteiger partial charge in [-0.05, 0) is 62.4 Å². The van der Waals surface area contributed by atoms with E-state index in [0.717, 1.165) is 9.80 Å². The van der Waals surface area contributed by atoms with Gasteiger partial charge in [0.05, 0.1) is 53.0 Å². The van der Waals surface area contributed by atoms with Gasteiger partial charge >= 0.3 is 5.97 Å². The quantitative estimate of drug-likeness (QED) is 0.284. The Bertz CT molecular complexity index is 1500. The van der Waals surface area contributed by atoms with Crippen molar-refractivity contribution in [2.45, 2.75) is 20.8 Å². The molecule has 7 rings (SSSR count). The number of anilines is 4. The summed E-state index contributed by atoms with van der Waals surface area (Å²) < 4.78 is 5.35. The van der Waals surface area contributed by atoms with Gasteiger partial charge < -0.3 is 25.6 Å². The van der Waals surface area contributed by atoms with Gasteiger partial charge in [0.25, 0.3) is 0 Å². The van der Waals surface area contributed by atoms with Gasteiger partial charge in [-0.2, -0.15) is 0 Å². The minimum absolute atomic E-state index is 0.0123. The minimum atomic E-state index is -1.61. The predicted molar refractivity (Wildman–Crippen MR) is 148 cm³/mol. The van der Waals surface area contributed by atoms with E-state index >= 15 is 0 Å². The molecule has 5 aliphatic rings. The Hall–Kier alpha value is -4.63. The van der Waals surface area contributed by atoms with Crippen LogP contribution in [0, 0.1) is 45.4 Å². The van der Waals surface area contributed by atoms with Crippen molar-refractivity contribution in [1.29, 1.82) is 0 Å². The van der Waals surface area contributed by atoms with Crippen molar-refractivity contribution in [3.8, 4) is 0 Å². The van der Waals surface area contributed by atoms with E-state index in [-0.39, 0.29) is 45.4 Å². The Morgan fingerprint density at radius 1 is 0.791 bits per heavy atom. The van der Waals surface area contributed by atoms with Gasteiger partial charge in [0, 0.05) is 16.9 Å². The molecule has 1 saturated carbocycles. The third kappa shape index (κ3) is 3.70. The molecule has 2 bridgehead atoms. The number of carbonyl (C=O) groups is 5. The molecule has 224 valence electrons. The van der Waals surface area contributed by atoms with E-state index < -0.39 is 64.6 Å². The lowest BCUT2D eigenvalue weighted by Crippen LogP contribution is -2.61. The van der Waals surface area contributed by atoms with Crippen molar-refractivity contribution in [3.63, 3.8) is 0 Å². The van der Waals surface area contributed by atoms with Crippen LogP contribution in [0.4, 0.5) is 22.7 Å². The van der Waals surface area contributed by atoms with Crippen LogP contribution < -0.4 is 20.3 Å². The van der Waals surface area contributed by atoms with Gasteiger partial charge in [0.2, 0.25) is 23.6 Å². The van der Waals surface area contributed by atoms with Crippen molar-refractivity contribution in [1.82, 2.24) is 0 Å². The number of imide groups is 2. The zero-order chi connectivity index (χ0) is 31.1. The van der Waals surface area contributed by atoms with Crippen LogP contribution in [0.5, 0.6) is 0 Å². The topological polar surface area (TPSA) is 194 Å². The largest absolute Gasteiger partial charge is 0.733 e. The van der Waals surface area contributed by atoms with Crippen LogP contribution in [0.2, 0.25) is 0 Å². The summed E-state index contributed by atoms with van der Waals surface area (Å²) in [7, 11) is 0. The first-order valence-corrected chi connectivity index (χ1v) is 13.5. The molecule has 2 unspecified atom stereocenters. The highest BCUT2D eigenvalue weighted by Gasteiger charge is 2.77. The van der Waals surface area contributed by atoms with Gasteiger partial charge in [-0.25, -0.2) is 4.79 Å². The first kappa shape index (κ1) is 28.5. The Kier molecular flexibility index (Phi) is 6.43. The molecule has 14 nitrogen and oxygen atoms in total. The maximum atomic E-state index is 14.2. The van der Waals surface area contributed by atoms with Crippen LogP contribution in [-0.4, -0.2) is 46.6 Å². The molecule has 2 aromatic rings. The summed E-state index contributed by atoms with van der Waals surface area (Å²) >= 11 is 0. The first-order chi connectivity index (χ1) is 20.4. The second-order valence-corrected chi connectivity index (χ2v) is 11.2. The van der Waals surface area contributed by atoms with Gasteiger partial charge in [0.15, 0.2) is 0 Å². The highest BCUT2D eigenvalue weighted by molar-refractivity contribution is 6.27. The summed E-state index contributed by atoms with van der Waals surface area (Å²) in [5, 5.41) is 40.2. The van der Waals surface area contributed by atoms with Crippen LogP contribution in [0.15, 0.2) is 59.7 Å². The minimum Gasteiger partial charge on any atom is -0.733 e. The molecule has 0 radical (unpaired) electrons. The summed E-state index contributed by atoms with van der Waals surface area (Å²) in [5.74, 6) is -8.85. The Morgan fingerprint density at radius 3 is 1.53 bits per heavy atom. The second kappa shape index (κ2) is 9.70. The fraction of sp³-hybridized carbons (Fsp3) is 0.345. The van der Waals surface area contributed by atoms with E-state index in [9.17, 15) is 44.8 Å². The molecule has 2 aromatic carbocycles. The van der Waals surface area contributed by atoms with E-state index in [1.54, 1.807) is 20.8 Å². The van der Waals surface area contributed by atoms with Gasteiger partial charge in [-0.3, -0.25) is 39.4 Å². The number of rotatable bonds is 6. The molecular formula is C29H26N4O10-2. The SMILES string of the molecule is CCOC(=O)C1=C(C)C2[C@H]3C(=O)N(c4ccc(N([O-])O)cc4)C(=O)[C@@H]3C1(C)[C@H]1C(=O)N(c3ccc(N([O-])O)cc3)C(=O)[C@@H]21. The molecule has 2 saturated heterocycles. The van der Waals surface area contributed by atoms with E-state index in [1.165, 1.54) is 48.5 Å². The average Bonchev–Trinajstić information content (AvgIpc) is 3.39. The van der Waals surface area contributed by atoms with Gasteiger partial charge in [0.1, 0.15) is 0 Å². The lowest BCUT2D eigenvalue weighted by Gasteiger charge is -2.55. The number of amides is 4. The standard InChI is InChI=1S/C29H26N4O10/c1-4-43-28(38)21-13(2)18-19-22(26(36)30(24(19)34)14-5-9-16(10-6-14)32(39)40)29(21,3)23-20(18)25(35)31(27(23)37)15-7-11-17(12-8-15)33(41)42/h5-12,18-20,22-23,39,41H,4H2,1-3H3/q-2/t18?,19-,20+,22-,23-,29?/m1/s1. The van der Waals surface area contributed by atoms with E-state index in [0.29, 0.717) is 5.57 Å². The first-order valence-electron chi connectivity index (χ1n) is 13.5. The highest BCUT2D eigenvalue weighted by Crippen LogP contribution is 2.68. The Balaban J connectivity index is 1.49. The number of hydrogen-bond acceptors (Lipinski definition) is 12. The van der Waals surface area contributed by atoms with E-state index in [4.69, 9.17) is 4.74 Å². The zero-order valence-corrected chi connectivity index (χ0v) is 23.2. The van der Waals surface area contributed by atoms with Crippen LogP contribution in [-0.2, 0) is 28.7 Å². The molecular weight excluding hydrogens is 564 g/mol. The van der Waals surface area contributed by atoms with Crippen molar-refractivity contribution < 1.29 is 39.1 Å². The Morgan fingerprint density at radius 2 is 1.19 bits per heavy atom. The van der Waals surface area contributed by atoms with Gasteiger partial charge in [-0.1, -0.05) is 12.5 Å². The van der Waals surface area contributed by atoms with Crippen molar-refractivity contribution in [3.05, 3.63) is 70.1 Å². The second-order valence-electron chi connectivity index (χ2n) is 11.2. The van der Waals surface area contributed by atoms with E-state index in [2.05, 4.69) is 0 Å². The average molecular weight is 591 g/mol. The number of hydrogen-bond donors (Lipinski definition) is 2. The summed E-state index contributed by atoms with van der Waals surface area (Å²) in [4.78, 5) is 71.8. The van der Waals surface area contributed by atoms with Gasteiger partial charge in [-0.15, -0.1) is 0 Å². The van der Waals surface area contributed by atoms with Crippen LogP contribution in [0.25, 0.3) is 0 Å². The zero-order valence-electron chi connectivity index (χ0n) is 23.2. The maximum Gasteiger partial charge on any atom is 0.334 e. The highest BCUT2D eigenvalue weighted by atomic mass is 16.8. The number of allylic oxidation sites excluding steroid dienone is 1. The fourth-order valence-electron chi connectivity index (χ4n) is 7.78. The number of nitrogens with zero attached hydrogens (tertiary/aromatic N) is 4.